The largest absolute Gasteiger partial charge is 0.339 e. The van der Waals surface area contributed by atoms with Gasteiger partial charge in [-0.3, -0.25) is 4.79 Å². The van der Waals surface area contributed by atoms with Gasteiger partial charge in [0.2, 0.25) is 15.9 Å². The Labute approximate surface area is 125 Å². The van der Waals surface area contributed by atoms with Crippen LogP contribution in [-0.4, -0.2) is 38.4 Å². The molecule has 7 heteroatoms. The second kappa shape index (κ2) is 7.00. The van der Waals surface area contributed by atoms with Crippen LogP contribution >= 0.6 is 0 Å². The Balaban J connectivity index is 2.76. The second-order valence-corrected chi connectivity index (χ2v) is 6.85. The lowest BCUT2D eigenvalue weighted by molar-refractivity contribution is -0.130. The molecule has 0 atom stereocenters. The number of nitrogens with zero attached hydrogens (tertiary/aromatic N) is 1. The smallest absolute Gasteiger partial charge is 0.240 e. The van der Waals surface area contributed by atoms with E-state index in [2.05, 4.69) is 4.72 Å². The number of rotatable bonds is 6. The van der Waals surface area contributed by atoms with Crippen LogP contribution in [0.1, 0.15) is 26.3 Å². The monoisotopic (exact) mass is 316 g/mol. The SMILES string of the molecule is CC(=O)N(CCNS(=O)(=O)c1ccc(F)cc1C)C(C)C. The normalized spacial score (nSPS) is 11.7. The van der Waals surface area contributed by atoms with Crippen LogP contribution in [-0.2, 0) is 14.8 Å². The molecular weight excluding hydrogens is 295 g/mol. The second-order valence-electron chi connectivity index (χ2n) is 5.11. The number of benzene rings is 1. The summed E-state index contributed by atoms with van der Waals surface area (Å²) in [4.78, 5) is 13.0. The average Bonchev–Trinajstić information content (AvgIpc) is 2.33. The number of aryl methyl sites for hydroxylation is 1. The number of carbonyl (C=O) groups is 1. The van der Waals surface area contributed by atoms with Crippen LogP contribution in [0.25, 0.3) is 0 Å². The molecule has 0 aliphatic heterocycles. The summed E-state index contributed by atoms with van der Waals surface area (Å²) in [5, 5.41) is 0. The minimum Gasteiger partial charge on any atom is -0.339 e. The maximum absolute atomic E-state index is 13.0. The van der Waals surface area contributed by atoms with Crippen LogP contribution in [0.3, 0.4) is 0 Å². The number of halogens is 1. The van der Waals surface area contributed by atoms with Gasteiger partial charge in [-0.2, -0.15) is 0 Å². The minimum absolute atomic E-state index is 0.000406. The lowest BCUT2D eigenvalue weighted by atomic mass is 10.2. The fourth-order valence-electron chi connectivity index (χ4n) is 2.07. The zero-order valence-corrected chi connectivity index (χ0v) is 13.5. The summed E-state index contributed by atoms with van der Waals surface area (Å²) in [6.45, 7) is 7.09. The van der Waals surface area contributed by atoms with E-state index in [1.165, 1.54) is 26.0 Å². The highest BCUT2D eigenvalue weighted by Crippen LogP contribution is 2.15. The van der Waals surface area contributed by atoms with Gasteiger partial charge >= 0.3 is 0 Å². The van der Waals surface area contributed by atoms with Crippen molar-refractivity contribution in [3.8, 4) is 0 Å². The van der Waals surface area contributed by atoms with Crippen molar-refractivity contribution in [3.05, 3.63) is 29.6 Å². The van der Waals surface area contributed by atoms with Gasteiger partial charge in [-0.25, -0.2) is 17.5 Å². The highest BCUT2D eigenvalue weighted by molar-refractivity contribution is 7.89. The number of hydrogen-bond acceptors (Lipinski definition) is 3. The highest BCUT2D eigenvalue weighted by atomic mass is 32.2. The molecular formula is C14H21FN2O3S. The van der Waals surface area contributed by atoms with Crippen LogP contribution in [0.2, 0.25) is 0 Å². The van der Waals surface area contributed by atoms with E-state index in [-0.39, 0.29) is 29.9 Å². The number of carbonyl (C=O) groups excluding carboxylic acids is 1. The standard InChI is InChI=1S/C14H21FN2O3S/c1-10(2)17(12(4)18)8-7-16-21(19,20)14-6-5-13(15)9-11(14)3/h5-6,9-10,16H,7-8H2,1-4H3. The Hall–Kier alpha value is -1.47. The van der Waals surface area contributed by atoms with Gasteiger partial charge in [0.15, 0.2) is 0 Å². The number of sulfonamides is 1. The summed E-state index contributed by atoms with van der Waals surface area (Å²) in [6, 6.07) is 3.51. The molecule has 5 nitrogen and oxygen atoms in total. The van der Waals surface area contributed by atoms with E-state index in [0.29, 0.717) is 5.56 Å². The Morgan fingerprint density at radius 3 is 2.48 bits per heavy atom. The number of amides is 1. The fraction of sp³-hybridized carbons (Fsp3) is 0.500. The first-order valence-electron chi connectivity index (χ1n) is 6.68. The molecule has 1 rings (SSSR count). The average molecular weight is 316 g/mol. The van der Waals surface area contributed by atoms with E-state index in [0.717, 1.165) is 6.07 Å². The quantitative estimate of drug-likeness (QED) is 0.868. The summed E-state index contributed by atoms with van der Waals surface area (Å²) in [7, 11) is -3.71. The minimum atomic E-state index is -3.71. The first-order chi connectivity index (χ1) is 9.65. The molecule has 0 aromatic heterocycles. The summed E-state index contributed by atoms with van der Waals surface area (Å²) in [5.41, 5.74) is 0.342. The van der Waals surface area contributed by atoms with Gasteiger partial charge in [0.1, 0.15) is 5.82 Å². The molecule has 1 aromatic rings. The van der Waals surface area contributed by atoms with Crippen molar-refractivity contribution in [1.29, 1.82) is 0 Å². The topological polar surface area (TPSA) is 66.5 Å². The molecule has 0 heterocycles. The number of nitrogens with one attached hydrogen (secondary N) is 1. The lowest BCUT2D eigenvalue weighted by Gasteiger charge is -2.25. The molecule has 0 saturated carbocycles. The summed E-state index contributed by atoms with van der Waals surface area (Å²) < 4.78 is 39.7. The summed E-state index contributed by atoms with van der Waals surface area (Å²) >= 11 is 0. The Bertz CT molecular complexity index is 615. The van der Waals surface area contributed by atoms with Crippen LogP contribution in [0.5, 0.6) is 0 Å². The van der Waals surface area contributed by atoms with Gasteiger partial charge < -0.3 is 4.90 Å². The van der Waals surface area contributed by atoms with Gasteiger partial charge in [-0.15, -0.1) is 0 Å². The molecule has 1 N–H and O–H groups in total. The van der Waals surface area contributed by atoms with Gasteiger partial charge in [0.05, 0.1) is 4.90 Å². The first kappa shape index (κ1) is 17.6. The maximum atomic E-state index is 13.0. The Morgan fingerprint density at radius 2 is 2.00 bits per heavy atom. The van der Waals surface area contributed by atoms with Crippen molar-refractivity contribution in [2.45, 2.75) is 38.6 Å². The van der Waals surface area contributed by atoms with Crippen molar-refractivity contribution in [3.63, 3.8) is 0 Å². The van der Waals surface area contributed by atoms with Crippen LogP contribution in [0.4, 0.5) is 4.39 Å². The van der Waals surface area contributed by atoms with E-state index < -0.39 is 15.8 Å². The summed E-state index contributed by atoms with van der Waals surface area (Å²) in [5.74, 6) is -0.587. The highest BCUT2D eigenvalue weighted by Gasteiger charge is 2.18. The molecule has 0 bridgehead atoms. The predicted molar refractivity (Wildman–Crippen MR) is 78.8 cm³/mol. The summed E-state index contributed by atoms with van der Waals surface area (Å²) in [6.07, 6.45) is 0. The maximum Gasteiger partial charge on any atom is 0.240 e. The molecule has 0 saturated heterocycles. The van der Waals surface area contributed by atoms with E-state index in [1.54, 1.807) is 4.90 Å². The lowest BCUT2D eigenvalue weighted by Crippen LogP contribution is -2.41. The van der Waals surface area contributed by atoms with Crippen molar-refractivity contribution in [2.75, 3.05) is 13.1 Å². The predicted octanol–water partition coefficient (Wildman–Crippen LogP) is 1.67. The van der Waals surface area contributed by atoms with Crippen molar-refractivity contribution >= 4 is 15.9 Å². The van der Waals surface area contributed by atoms with Crippen molar-refractivity contribution in [2.24, 2.45) is 0 Å². The van der Waals surface area contributed by atoms with Gasteiger partial charge in [0, 0.05) is 26.1 Å². The fourth-order valence-corrected chi connectivity index (χ4v) is 3.32. The zero-order valence-electron chi connectivity index (χ0n) is 12.7. The van der Waals surface area contributed by atoms with E-state index in [4.69, 9.17) is 0 Å². The van der Waals surface area contributed by atoms with E-state index in [9.17, 15) is 17.6 Å². The van der Waals surface area contributed by atoms with Gasteiger partial charge in [-0.1, -0.05) is 0 Å². The molecule has 1 aromatic carbocycles. The molecule has 0 spiro atoms. The number of hydrogen-bond donors (Lipinski definition) is 1. The molecule has 0 aliphatic rings. The van der Waals surface area contributed by atoms with Crippen LogP contribution < -0.4 is 4.72 Å². The zero-order chi connectivity index (χ0) is 16.2. The van der Waals surface area contributed by atoms with Crippen molar-refractivity contribution in [1.82, 2.24) is 9.62 Å². The van der Waals surface area contributed by atoms with E-state index in [1.807, 2.05) is 13.8 Å². The van der Waals surface area contributed by atoms with Gasteiger partial charge in [0.25, 0.3) is 0 Å². The third kappa shape index (κ3) is 4.78. The van der Waals surface area contributed by atoms with Crippen LogP contribution in [0.15, 0.2) is 23.1 Å². The third-order valence-corrected chi connectivity index (χ3v) is 4.72. The van der Waals surface area contributed by atoms with Gasteiger partial charge in [-0.05, 0) is 44.5 Å². The molecule has 0 aliphatic carbocycles. The van der Waals surface area contributed by atoms with Crippen molar-refractivity contribution < 1.29 is 17.6 Å². The Morgan fingerprint density at radius 1 is 1.38 bits per heavy atom. The molecule has 21 heavy (non-hydrogen) atoms. The molecule has 0 unspecified atom stereocenters. The third-order valence-electron chi connectivity index (χ3n) is 3.10. The molecule has 118 valence electrons. The van der Waals surface area contributed by atoms with Crippen LogP contribution in [0, 0.1) is 12.7 Å². The van der Waals surface area contributed by atoms with E-state index >= 15 is 0 Å². The molecule has 1 amide bonds. The first-order valence-corrected chi connectivity index (χ1v) is 8.16. The molecule has 0 fully saturated rings. The molecule has 0 radical (unpaired) electrons. The Kier molecular flexibility index (Phi) is 5.86.